The molecular weight excluding hydrogens is 376 g/mol. The van der Waals surface area contributed by atoms with E-state index < -0.39 is 13.0 Å². The van der Waals surface area contributed by atoms with E-state index in [1.165, 1.54) is 0 Å². The molecule has 0 saturated heterocycles. The molecule has 0 radical (unpaired) electrons. The summed E-state index contributed by atoms with van der Waals surface area (Å²) in [6.45, 7) is 1.43. The van der Waals surface area contributed by atoms with Gasteiger partial charge in [-0.3, -0.25) is 0 Å². The van der Waals surface area contributed by atoms with Gasteiger partial charge in [0.15, 0.2) is 6.61 Å². The number of imidazole rings is 1. The van der Waals surface area contributed by atoms with E-state index in [4.69, 9.17) is 16.3 Å². The van der Waals surface area contributed by atoms with Crippen molar-refractivity contribution >= 4 is 11.6 Å². The van der Waals surface area contributed by atoms with Crippen LogP contribution >= 0.6 is 11.6 Å². The summed E-state index contributed by atoms with van der Waals surface area (Å²) in [7, 11) is 0. The van der Waals surface area contributed by atoms with Crippen molar-refractivity contribution in [3.05, 3.63) is 64.8 Å². The molecule has 0 bridgehead atoms. The number of hydrogen-bond donors (Lipinski definition) is 1. The van der Waals surface area contributed by atoms with Crippen LogP contribution in [0.25, 0.3) is 11.1 Å². The van der Waals surface area contributed by atoms with E-state index in [2.05, 4.69) is 9.97 Å². The number of aryl methyl sites for hydroxylation is 1. The summed E-state index contributed by atoms with van der Waals surface area (Å²) in [6, 6.07) is 8.87. The maximum absolute atomic E-state index is 12.6. The van der Waals surface area contributed by atoms with Crippen molar-refractivity contribution in [1.82, 2.24) is 14.5 Å². The Morgan fingerprint density at radius 3 is 2.78 bits per heavy atom. The van der Waals surface area contributed by atoms with E-state index in [0.29, 0.717) is 22.8 Å². The molecule has 27 heavy (non-hydrogen) atoms. The van der Waals surface area contributed by atoms with Gasteiger partial charge in [-0.1, -0.05) is 23.7 Å². The second-order valence-electron chi connectivity index (χ2n) is 5.97. The Balaban J connectivity index is 1.96. The van der Waals surface area contributed by atoms with Crippen LogP contribution in [0, 0.1) is 6.92 Å². The highest BCUT2D eigenvalue weighted by Gasteiger charge is 2.14. The van der Waals surface area contributed by atoms with Crippen LogP contribution in [-0.2, 0) is 13.2 Å². The highest BCUT2D eigenvalue weighted by atomic mass is 35.5. The second-order valence-corrected chi connectivity index (χ2v) is 6.41. The molecule has 0 saturated carbocycles. The fraction of sp³-hybridized carbons (Fsp3) is 0.263. The Bertz CT molecular complexity index is 931. The van der Waals surface area contributed by atoms with Crippen LogP contribution in [0.4, 0.5) is 8.78 Å². The molecule has 0 aliphatic heterocycles. The maximum atomic E-state index is 12.6. The SMILES string of the molecule is Cc1nc(CO)cn1Cc1cnc(OCC(F)F)c(-c2cccc(Cl)c2)c1. The lowest BCUT2D eigenvalue weighted by molar-refractivity contribution is 0.0799. The predicted octanol–water partition coefficient (Wildman–Crippen LogP) is 4.09. The summed E-state index contributed by atoms with van der Waals surface area (Å²) in [6.07, 6.45) is 0.742. The number of pyridine rings is 1. The molecule has 0 fully saturated rings. The van der Waals surface area contributed by atoms with E-state index >= 15 is 0 Å². The first-order valence-electron chi connectivity index (χ1n) is 8.25. The molecule has 8 heteroatoms. The van der Waals surface area contributed by atoms with E-state index in [0.717, 1.165) is 17.0 Å². The van der Waals surface area contributed by atoms with Gasteiger partial charge >= 0.3 is 0 Å². The minimum atomic E-state index is -2.59. The van der Waals surface area contributed by atoms with Gasteiger partial charge in [0, 0.05) is 23.0 Å². The minimum absolute atomic E-state index is 0.125. The molecule has 5 nitrogen and oxygen atoms in total. The molecular formula is C19H18ClF2N3O2. The molecule has 0 amide bonds. The lowest BCUT2D eigenvalue weighted by Gasteiger charge is -2.13. The van der Waals surface area contributed by atoms with Crippen LogP contribution in [0.5, 0.6) is 5.88 Å². The molecule has 3 rings (SSSR count). The summed E-state index contributed by atoms with van der Waals surface area (Å²) in [4.78, 5) is 8.48. The molecule has 3 aromatic rings. The van der Waals surface area contributed by atoms with Crippen molar-refractivity contribution in [2.75, 3.05) is 6.61 Å². The number of ether oxygens (including phenoxy) is 1. The Kier molecular flexibility index (Phi) is 6.03. The minimum Gasteiger partial charge on any atom is -0.471 e. The summed E-state index contributed by atoms with van der Waals surface area (Å²) in [5.41, 5.74) is 2.71. The van der Waals surface area contributed by atoms with Crippen molar-refractivity contribution in [2.24, 2.45) is 0 Å². The van der Waals surface area contributed by atoms with Gasteiger partial charge in [-0.05, 0) is 36.2 Å². The summed E-state index contributed by atoms with van der Waals surface area (Å²) in [5, 5.41) is 9.75. The van der Waals surface area contributed by atoms with E-state index in [1.54, 1.807) is 30.6 Å². The number of nitrogens with zero attached hydrogens (tertiary/aromatic N) is 3. The number of hydrogen-bond acceptors (Lipinski definition) is 4. The molecule has 0 aliphatic carbocycles. The fourth-order valence-electron chi connectivity index (χ4n) is 2.71. The quantitative estimate of drug-likeness (QED) is 0.656. The Hall–Kier alpha value is -2.51. The van der Waals surface area contributed by atoms with Gasteiger partial charge in [0.1, 0.15) is 5.82 Å². The van der Waals surface area contributed by atoms with Crippen LogP contribution < -0.4 is 4.74 Å². The first-order valence-corrected chi connectivity index (χ1v) is 8.63. The number of benzene rings is 1. The zero-order valence-electron chi connectivity index (χ0n) is 14.6. The van der Waals surface area contributed by atoms with Crippen LogP contribution in [0.3, 0.4) is 0 Å². The van der Waals surface area contributed by atoms with Crippen molar-refractivity contribution in [3.63, 3.8) is 0 Å². The van der Waals surface area contributed by atoms with Gasteiger partial charge in [-0.25, -0.2) is 18.7 Å². The topological polar surface area (TPSA) is 60.2 Å². The van der Waals surface area contributed by atoms with E-state index in [-0.39, 0.29) is 12.5 Å². The molecule has 1 N–H and O–H groups in total. The predicted molar refractivity (Wildman–Crippen MR) is 98.2 cm³/mol. The van der Waals surface area contributed by atoms with Gasteiger partial charge in [0.2, 0.25) is 5.88 Å². The van der Waals surface area contributed by atoms with Crippen molar-refractivity contribution in [1.29, 1.82) is 0 Å². The zero-order valence-corrected chi connectivity index (χ0v) is 15.3. The molecule has 0 atom stereocenters. The maximum Gasteiger partial charge on any atom is 0.272 e. The number of aliphatic hydroxyl groups excluding tert-OH is 1. The van der Waals surface area contributed by atoms with Gasteiger partial charge < -0.3 is 14.4 Å². The Morgan fingerprint density at radius 1 is 1.30 bits per heavy atom. The average Bonchev–Trinajstić information content (AvgIpc) is 3.00. The first-order chi connectivity index (χ1) is 13.0. The van der Waals surface area contributed by atoms with Crippen molar-refractivity contribution in [2.45, 2.75) is 26.5 Å². The molecule has 0 unspecified atom stereocenters. The van der Waals surface area contributed by atoms with Gasteiger partial charge in [-0.2, -0.15) is 0 Å². The third-order valence-electron chi connectivity index (χ3n) is 3.93. The van der Waals surface area contributed by atoms with Crippen LogP contribution in [0.2, 0.25) is 5.02 Å². The van der Waals surface area contributed by atoms with Crippen molar-refractivity contribution in [3.8, 4) is 17.0 Å². The lowest BCUT2D eigenvalue weighted by atomic mass is 10.1. The highest BCUT2D eigenvalue weighted by Crippen LogP contribution is 2.31. The number of alkyl halides is 2. The van der Waals surface area contributed by atoms with E-state index in [9.17, 15) is 13.9 Å². The highest BCUT2D eigenvalue weighted by molar-refractivity contribution is 6.30. The largest absolute Gasteiger partial charge is 0.471 e. The fourth-order valence-corrected chi connectivity index (χ4v) is 2.90. The number of aromatic nitrogens is 3. The summed E-state index contributed by atoms with van der Waals surface area (Å²) < 4.78 is 32.2. The van der Waals surface area contributed by atoms with Gasteiger partial charge in [-0.15, -0.1) is 0 Å². The normalized spacial score (nSPS) is 11.2. The molecule has 0 aliphatic rings. The second kappa shape index (κ2) is 8.45. The molecule has 142 valence electrons. The average molecular weight is 394 g/mol. The summed E-state index contributed by atoms with van der Waals surface area (Å²) in [5.74, 6) is 0.876. The monoisotopic (exact) mass is 393 g/mol. The number of halogens is 3. The number of aliphatic hydroxyl groups is 1. The first kappa shape index (κ1) is 19.3. The smallest absolute Gasteiger partial charge is 0.272 e. The number of rotatable bonds is 7. The third kappa shape index (κ3) is 4.81. The van der Waals surface area contributed by atoms with Gasteiger partial charge in [0.05, 0.1) is 18.8 Å². The summed E-state index contributed by atoms with van der Waals surface area (Å²) >= 11 is 6.07. The van der Waals surface area contributed by atoms with E-state index in [1.807, 2.05) is 23.6 Å². The Morgan fingerprint density at radius 2 is 2.11 bits per heavy atom. The zero-order chi connectivity index (χ0) is 19.4. The molecule has 1 aromatic carbocycles. The van der Waals surface area contributed by atoms with Crippen LogP contribution in [-0.4, -0.2) is 32.7 Å². The molecule has 0 spiro atoms. The molecule has 2 aromatic heterocycles. The van der Waals surface area contributed by atoms with Crippen molar-refractivity contribution < 1.29 is 18.6 Å². The Labute approximate surface area is 160 Å². The third-order valence-corrected chi connectivity index (χ3v) is 4.17. The van der Waals surface area contributed by atoms with Gasteiger partial charge in [0.25, 0.3) is 6.43 Å². The lowest BCUT2D eigenvalue weighted by Crippen LogP contribution is -2.09. The molecule has 2 heterocycles. The standard InChI is InChI=1S/C19H18ClF2N3O2/c1-12-24-16(10-26)9-25(12)8-13-5-17(14-3-2-4-15(20)6-14)19(23-7-13)27-11-18(21)22/h2-7,9,18,26H,8,10-11H2,1H3. The van der Waals surface area contributed by atoms with Crippen LogP contribution in [0.15, 0.2) is 42.7 Å². The van der Waals surface area contributed by atoms with Crippen LogP contribution in [0.1, 0.15) is 17.1 Å².